The quantitative estimate of drug-likeness (QED) is 0.796. The number of hydrogen-bond donors (Lipinski definition) is 0. The molecule has 23 heavy (non-hydrogen) atoms. The molecule has 2 fully saturated rings. The lowest BCUT2D eigenvalue weighted by Gasteiger charge is -2.38. The van der Waals surface area contributed by atoms with Gasteiger partial charge in [-0.25, -0.2) is 0 Å². The lowest BCUT2D eigenvalue weighted by atomic mass is 9.77. The van der Waals surface area contributed by atoms with Crippen molar-refractivity contribution >= 4 is 5.91 Å². The van der Waals surface area contributed by atoms with Gasteiger partial charge < -0.3 is 9.32 Å². The first-order valence-corrected chi connectivity index (χ1v) is 8.38. The minimum Gasteiger partial charge on any atom is -0.424 e. The third kappa shape index (κ3) is 3.80. The first-order chi connectivity index (χ1) is 11.0. The van der Waals surface area contributed by atoms with Crippen molar-refractivity contribution in [2.75, 3.05) is 26.2 Å². The molecule has 6 heteroatoms. The molecule has 0 aliphatic carbocycles. The molecule has 1 aromatic rings. The van der Waals surface area contributed by atoms with Crippen LogP contribution in [0.1, 0.15) is 44.9 Å². The maximum absolute atomic E-state index is 12.3. The van der Waals surface area contributed by atoms with Crippen LogP contribution in [0.15, 0.2) is 16.1 Å². The summed E-state index contributed by atoms with van der Waals surface area (Å²) in [5.41, 5.74) is 1.44. The zero-order chi connectivity index (χ0) is 16.4. The molecule has 2 aliphatic heterocycles. The smallest absolute Gasteiger partial charge is 0.230 e. The minimum atomic E-state index is 0.174. The third-order valence-corrected chi connectivity index (χ3v) is 4.97. The van der Waals surface area contributed by atoms with Crippen molar-refractivity contribution in [3.8, 4) is 0 Å². The van der Waals surface area contributed by atoms with Crippen LogP contribution in [0, 0.1) is 12.3 Å². The van der Waals surface area contributed by atoms with E-state index in [9.17, 15) is 4.79 Å². The van der Waals surface area contributed by atoms with Crippen LogP contribution in [0.2, 0.25) is 0 Å². The van der Waals surface area contributed by atoms with E-state index in [4.69, 9.17) is 4.42 Å². The van der Waals surface area contributed by atoms with Gasteiger partial charge >= 0.3 is 0 Å². The van der Waals surface area contributed by atoms with Gasteiger partial charge in [0.1, 0.15) is 0 Å². The van der Waals surface area contributed by atoms with Gasteiger partial charge in [0.15, 0.2) is 0 Å². The average molecular weight is 318 g/mol. The summed E-state index contributed by atoms with van der Waals surface area (Å²) in [5, 5.41) is 7.94. The average Bonchev–Trinajstić information content (AvgIpc) is 3.03. The molecule has 1 amide bonds. The Morgan fingerprint density at radius 2 is 2.04 bits per heavy atom. The summed E-state index contributed by atoms with van der Waals surface area (Å²) < 4.78 is 5.46. The lowest BCUT2D eigenvalue weighted by Crippen LogP contribution is -2.41. The molecule has 1 spiro atoms. The fraction of sp³-hybridized carbons (Fsp3) is 0.706. The Bertz CT molecular complexity index is 595. The van der Waals surface area contributed by atoms with Crippen LogP contribution >= 0.6 is 0 Å². The maximum Gasteiger partial charge on any atom is 0.230 e. The molecule has 0 saturated carbocycles. The molecule has 2 saturated heterocycles. The number of likely N-dealkylation sites (tertiary alicyclic amines) is 2. The van der Waals surface area contributed by atoms with Crippen molar-refractivity contribution in [3.63, 3.8) is 0 Å². The van der Waals surface area contributed by atoms with Gasteiger partial charge in [0.25, 0.3) is 0 Å². The summed E-state index contributed by atoms with van der Waals surface area (Å²) in [7, 11) is 0. The number of nitrogens with zero attached hydrogens (tertiary/aromatic N) is 4. The summed E-state index contributed by atoms with van der Waals surface area (Å²) >= 11 is 0. The molecule has 3 heterocycles. The number of amides is 1. The SMILES string of the molecule is CC(C)=CCN1CC2(CCN(Cc3nnc(C)o3)CC2)CC1=O. The van der Waals surface area contributed by atoms with Gasteiger partial charge in [-0.3, -0.25) is 9.69 Å². The molecule has 0 aromatic carbocycles. The van der Waals surface area contributed by atoms with Crippen molar-refractivity contribution in [3.05, 3.63) is 23.4 Å². The van der Waals surface area contributed by atoms with Gasteiger partial charge in [0, 0.05) is 26.4 Å². The Hall–Kier alpha value is -1.69. The van der Waals surface area contributed by atoms with E-state index in [1.807, 2.05) is 11.8 Å². The molecule has 0 N–H and O–H groups in total. The third-order valence-electron chi connectivity index (χ3n) is 4.97. The number of allylic oxidation sites excluding steroid dienone is 1. The zero-order valence-electron chi connectivity index (χ0n) is 14.3. The summed E-state index contributed by atoms with van der Waals surface area (Å²) in [6, 6.07) is 0. The molecule has 6 nitrogen and oxygen atoms in total. The Morgan fingerprint density at radius 3 is 2.65 bits per heavy atom. The van der Waals surface area contributed by atoms with Crippen molar-refractivity contribution < 1.29 is 9.21 Å². The highest BCUT2D eigenvalue weighted by molar-refractivity contribution is 5.79. The lowest BCUT2D eigenvalue weighted by molar-refractivity contribution is -0.127. The number of rotatable bonds is 4. The molecular weight excluding hydrogens is 292 g/mol. The van der Waals surface area contributed by atoms with Crippen molar-refractivity contribution in [2.45, 2.75) is 46.6 Å². The van der Waals surface area contributed by atoms with E-state index >= 15 is 0 Å². The van der Waals surface area contributed by atoms with Gasteiger partial charge in [-0.2, -0.15) is 0 Å². The van der Waals surface area contributed by atoms with E-state index < -0.39 is 0 Å². The van der Waals surface area contributed by atoms with Crippen LogP contribution < -0.4 is 0 Å². The van der Waals surface area contributed by atoms with Crippen LogP contribution in [0.3, 0.4) is 0 Å². The van der Waals surface area contributed by atoms with E-state index in [0.717, 1.165) is 39.0 Å². The molecule has 1 aromatic heterocycles. The number of piperidine rings is 1. The molecule has 126 valence electrons. The number of aryl methyl sites for hydroxylation is 1. The molecule has 2 aliphatic rings. The van der Waals surface area contributed by atoms with E-state index in [1.54, 1.807) is 0 Å². The molecule has 0 unspecified atom stereocenters. The van der Waals surface area contributed by atoms with Crippen LogP contribution in [0.25, 0.3) is 0 Å². The van der Waals surface area contributed by atoms with Crippen LogP contribution in [0.5, 0.6) is 0 Å². The first-order valence-electron chi connectivity index (χ1n) is 8.38. The molecule has 0 atom stereocenters. The number of aromatic nitrogens is 2. The Labute approximate surface area is 137 Å². The van der Waals surface area contributed by atoms with Crippen LogP contribution in [-0.2, 0) is 11.3 Å². The summed E-state index contributed by atoms with van der Waals surface area (Å²) in [6.07, 6.45) is 4.98. The predicted octanol–water partition coefficient (Wildman–Crippen LogP) is 2.16. The minimum absolute atomic E-state index is 0.174. The second-order valence-electron chi connectivity index (χ2n) is 7.22. The Kier molecular flexibility index (Phi) is 4.53. The molecular formula is C17H26N4O2. The topological polar surface area (TPSA) is 62.5 Å². The number of carbonyl (C=O) groups is 1. The highest BCUT2D eigenvalue weighted by atomic mass is 16.4. The molecule has 0 bridgehead atoms. The monoisotopic (exact) mass is 318 g/mol. The summed E-state index contributed by atoms with van der Waals surface area (Å²) in [4.78, 5) is 16.7. The van der Waals surface area contributed by atoms with Gasteiger partial charge in [-0.1, -0.05) is 11.6 Å². The maximum atomic E-state index is 12.3. The highest BCUT2D eigenvalue weighted by Crippen LogP contribution is 2.41. The summed E-state index contributed by atoms with van der Waals surface area (Å²) in [6.45, 7) is 10.3. The number of hydrogen-bond acceptors (Lipinski definition) is 5. The van der Waals surface area contributed by atoms with E-state index in [2.05, 4.69) is 35.0 Å². The second-order valence-corrected chi connectivity index (χ2v) is 7.22. The molecule has 3 rings (SSSR count). The fourth-order valence-electron chi connectivity index (χ4n) is 3.55. The summed E-state index contributed by atoms with van der Waals surface area (Å²) in [5.74, 6) is 1.61. The standard InChI is InChI=1S/C17H26N4O2/c1-13(2)4-7-21-12-17(10-16(21)22)5-8-20(9-6-17)11-15-19-18-14(3)23-15/h4H,5-12H2,1-3H3. The van der Waals surface area contributed by atoms with E-state index in [1.165, 1.54) is 5.57 Å². The normalized spacial score (nSPS) is 21.2. The molecule has 0 radical (unpaired) electrons. The van der Waals surface area contributed by atoms with E-state index in [0.29, 0.717) is 30.7 Å². The van der Waals surface area contributed by atoms with Crippen molar-refractivity contribution in [1.29, 1.82) is 0 Å². The van der Waals surface area contributed by atoms with Gasteiger partial charge in [0.2, 0.25) is 17.7 Å². The van der Waals surface area contributed by atoms with Crippen molar-refractivity contribution in [1.82, 2.24) is 20.0 Å². The largest absolute Gasteiger partial charge is 0.424 e. The van der Waals surface area contributed by atoms with E-state index in [-0.39, 0.29) is 5.41 Å². The number of carbonyl (C=O) groups excluding carboxylic acids is 1. The Balaban J connectivity index is 1.54. The van der Waals surface area contributed by atoms with Crippen LogP contribution in [-0.4, -0.2) is 52.1 Å². The van der Waals surface area contributed by atoms with Gasteiger partial charge in [-0.05, 0) is 45.2 Å². The fourth-order valence-corrected chi connectivity index (χ4v) is 3.55. The van der Waals surface area contributed by atoms with Gasteiger partial charge in [0.05, 0.1) is 6.54 Å². The second kappa shape index (κ2) is 6.43. The first kappa shape index (κ1) is 16.2. The van der Waals surface area contributed by atoms with Crippen LogP contribution in [0.4, 0.5) is 0 Å². The zero-order valence-corrected chi connectivity index (χ0v) is 14.3. The highest BCUT2D eigenvalue weighted by Gasteiger charge is 2.44. The Morgan fingerprint density at radius 1 is 1.30 bits per heavy atom. The van der Waals surface area contributed by atoms with Crippen molar-refractivity contribution in [2.24, 2.45) is 5.41 Å². The predicted molar refractivity (Wildman–Crippen MR) is 86.6 cm³/mol. The van der Waals surface area contributed by atoms with Gasteiger partial charge in [-0.15, -0.1) is 10.2 Å².